The van der Waals surface area contributed by atoms with Crippen molar-refractivity contribution >= 4 is 27.3 Å². The number of thiazole rings is 1. The number of aromatic nitrogens is 1. The molecule has 1 heterocycles. The monoisotopic (exact) mass is 310 g/mol. The summed E-state index contributed by atoms with van der Waals surface area (Å²) in [5.74, 6) is 0. The smallest absolute Gasteiger partial charge is 0.0794 e. The van der Waals surface area contributed by atoms with Crippen LogP contribution in [0.15, 0.2) is 34.4 Å². The highest BCUT2D eigenvalue weighted by Gasteiger charge is 2.14. The fourth-order valence-electron chi connectivity index (χ4n) is 1.83. The molecular weight excluding hydrogens is 296 g/mol. The molecule has 0 aliphatic rings. The molecule has 17 heavy (non-hydrogen) atoms. The van der Waals surface area contributed by atoms with E-state index in [1.165, 1.54) is 20.5 Å². The second-order valence-corrected chi connectivity index (χ2v) is 5.86. The van der Waals surface area contributed by atoms with Gasteiger partial charge in [0.2, 0.25) is 0 Å². The third-order valence-electron chi connectivity index (χ3n) is 2.77. The van der Waals surface area contributed by atoms with E-state index >= 15 is 0 Å². The van der Waals surface area contributed by atoms with Crippen molar-refractivity contribution in [2.24, 2.45) is 0 Å². The van der Waals surface area contributed by atoms with E-state index in [-0.39, 0.29) is 0 Å². The SMILES string of the molecule is CNC(Cc1cncs1)c1ccc(C)cc1Br. The first kappa shape index (κ1) is 12.7. The molecule has 4 heteroatoms. The highest BCUT2D eigenvalue weighted by atomic mass is 79.9. The summed E-state index contributed by atoms with van der Waals surface area (Å²) >= 11 is 5.34. The van der Waals surface area contributed by atoms with Crippen LogP contribution in [0.25, 0.3) is 0 Å². The molecular formula is C13H15BrN2S. The van der Waals surface area contributed by atoms with E-state index in [1.807, 2.05) is 18.8 Å². The fraction of sp³-hybridized carbons (Fsp3) is 0.308. The van der Waals surface area contributed by atoms with Gasteiger partial charge in [-0.2, -0.15) is 0 Å². The number of nitrogens with zero attached hydrogens (tertiary/aromatic N) is 1. The maximum atomic E-state index is 4.12. The standard InChI is InChI=1S/C13H15BrN2S/c1-9-3-4-11(12(14)5-9)13(15-2)6-10-7-16-8-17-10/h3-5,7-8,13,15H,6H2,1-2H3. The lowest BCUT2D eigenvalue weighted by molar-refractivity contribution is 0.593. The Bertz CT molecular complexity index is 482. The summed E-state index contributed by atoms with van der Waals surface area (Å²) in [5.41, 5.74) is 4.45. The minimum atomic E-state index is 0.324. The normalized spacial score (nSPS) is 12.6. The summed E-state index contributed by atoms with van der Waals surface area (Å²) in [6.07, 6.45) is 2.92. The van der Waals surface area contributed by atoms with Crippen molar-refractivity contribution in [3.63, 3.8) is 0 Å². The number of likely N-dealkylation sites (N-methyl/N-ethyl adjacent to an activating group) is 1. The van der Waals surface area contributed by atoms with E-state index in [1.54, 1.807) is 11.3 Å². The Morgan fingerprint density at radius 1 is 1.47 bits per heavy atom. The van der Waals surface area contributed by atoms with Gasteiger partial charge in [-0.25, -0.2) is 0 Å². The number of benzene rings is 1. The van der Waals surface area contributed by atoms with Crippen LogP contribution < -0.4 is 5.32 Å². The minimum Gasteiger partial charge on any atom is -0.313 e. The molecule has 1 unspecified atom stereocenters. The maximum absolute atomic E-state index is 4.12. The van der Waals surface area contributed by atoms with Crippen LogP contribution in [0, 0.1) is 6.92 Å². The minimum absolute atomic E-state index is 0.324. The van der Waals surface area contributed by atoms with Crippen LogP contribution in [0.5, 0.6) is 0 Å². The average Bonchev–Trinajstić information content (AvgIpc) is 2.79. The first-order valence-corrected chi connectivity index (χ1v) is 7.18. The molecule has 1 atom stereocenters. The Hall–Kier alpha value is -0.710. The lowest BCUT2D eigenvalue weighted by Crippen LogP contribution is -2.18. The van der Waals surface area contributed by atoms with Gasteiger partial charge in [0.15, 0.2) is 0 Å². The molecule has 0 aliphatic heterocycles. The highest BCUT2D eigenvalue weighted by molar-refractivity contribution is 9.10. The van der Waals surface area contributed by atoms with Crippen LogP contribution in [0.2, 0.25) is 0 Å². The van der Waals surface area contributed by atoms with E-state index in [9.17, 15) is 0 Å². The molecule has 2 aromatic rings. The summed E-state index contributed by atoms with van der Waals surface area (Å²) < 4.78 is 1.17. The molecule has 1 aromatic carbocycles. The Kier molecular flexibility index (Phi) is 4.31. The van der Waals surface area contributed by atoms with E-state index in [4.69, 9.17) is 0 Å². The Morgan fingerprint density at radius 2 is 2.29 bits per heavy atom. The van der Waals surface area contributed by atoms with Crippen LogP contribution in [-0.2, 0) is 6.42 Å². The zero-order valence-corrected chi connectivity index (χ0v) is 12.3. The lowest BCUT2D eigenvalue weighted by atomic mass is 10.0. The first-order valence-electron chi connectivity index (χ1n) is 5.51. The van der Waals surface area contributed by atoms with E-state index in [0.29, 0.717) is 6.04 Å². The molecule has 0 saturated carbocycles. The van der Waals surface area contributed by atoms with Gasteiger partial charge in [-0.1, -0.05) is 28.1 Å². The topological polar surface area (TPSA) is 24.9 Å². The third-order valence-corrected chi connectivity index (χ3v) is 4.26. The van der Waals surface area contributed by atoms with Crippen LogP contribution in [-0.4, -0.2) is 12.0 Å². The zero-order chi connectivity index (χ0) is 12.3. The molecule has 0 amide bonds. The molecule has 0 bridgehead atoms. The van der Waals surface area contributed by atoms with Crippen molar-refractivity contribution in [3.8, 4) is 0 Å². The van der Waals surface area contributed by atoms with E-state index < -0.39 is 0 Å². The number of nitrogens with one attached hydrogen (secondary N) is 1. The largest absolute Gasteiger partial charge is 0.313 e. The van der Waals surface area contributed by atoms with E-state index in [2.05, 4.69) is 51.4 Å². The Morgan fingerprint density at radius 3 is 2.88 bits per heavy atom. The number of halogens is 1. The quantitative estimate of drug-likeness (QED) is 0.931. The summed E-state index contributed by atoms with van der Waals surface area (Å²) in [4.78, 5) is 5.42. The highest BCUT2D eigenvalue weighted by Crippen LogP contribution is 2.27. The molecule has 90 valence electrons. The molecule has 2 nitrogen and oxygen atoms in total. The number of aryl methyl sites for hydroxylation is 1. The maximum Gasteiger partial charge on any atom is 0.0794 e. The van der Waals surface area contributed by atoms with Crippen molar-refractivity contribution in [1.29, 1.82) is 0 Å². The van der Waals surface area contributed by atoms with Crippen LogP contribution in [0.1, 0.15) is 22.0 Å². The van der Waals surface area contributed by atoms with Crippen LogP contribution in [0.3, 0.4) is 0 Å². The van der Waals surface area contributed by atoms with Crippen LogP contribution in [0.4, 0.5) is 0 Å². The third kappa shape index (κ3) is 3.15. The van der Waals surface area contributed by atoms with E-state index in [0.717, 1.165) is 6.42 Å². The van der Waals surface area contributed by atoms with Gasteiger partial charge in [0.05, 0.1) is 5.51 Å². The molecule has 0 radical (unpaired) electrons. The van der Waals surface area contributed by atoms with Gasteiger partial charge in [0.1, 0.15) is 0 Å². The number of hydrogen-bond donors (Lipinski definition) is 1. The van der Waals surface area contributed by atoms with Crippen LogP contribution >= 0.6 is 27.3 Å². The van der Waals surface area contributed by atoms with Crippen molar-refractivity contribution in [1.82, 2.24) is 10.3 Å². The van der Waals surface area contributed by atoms with Gasteiger partial charge in [-0.3, -0.25) is 4.98 Å². The van der Waals surface area contributed by atoms with Gasteiger partial charge < -0.3 is 5.32 Å². The number of hydrogen-bond acceptors (Lipinski definition) is 3. The van der Waals surface area contributed by atoms with Gasteiger partial charge in [-0.05, 0) is 31.2 Å². The molecule has 1 N–H and O–H groups in total. The van der Waals surface area contributed by atoms with Gasteiger partial charge >= 0.3 is 0 Å². The first-order chi connectivity index (χ1) is 8.20. The van der Waals surface area contributed by atoms with Gasteiger partial charge in [0, 0.05) is 28.0 Å². The molecule has 2 rings (SSSR count). The summed E-state index contributed by atoms with van der Waals surface area (Å²) in [6, 6.07) is 6.82. The molecule has 0 aliphatic carbocycles. The zero-order valence-electron chi connectivity index (χ0n) is 9.90. The summed E-state index contributed by atoms with van der Waals surface area (Å²) in [5, 5.41) is 3.37. The molecule has 1 aromatic heterocycles. The van der Waals surface area contributed by atoms with Gasteiger partial charge in [0.25, 0.3) is 0 Å². The summed E-state index contributed by atoms with van der Waals surface area (Å²) in [7, 11) is 2.00. The Labute approximate surface area is 114 Å². The predicted octanol–water partition coefficient (Wildman–Crippen LogP) is 3.72. The molecule has 0 saturated heterocycles. The summed E-state index contributed by atoms with van der Waals surface area (Å²) in [6.45, 7) is 2.10. The Balaban J connectivity index is 2.23. The lowest BCUT2D eigenvalue weighted by Gasteiger charge is -2.17. The average molecular weight is 311 g/mol. The predicted molar refractivity (Wildman–Crippen MR) is 76.5 cm³/mol. The van der Waals surface area contributed by atoms with Gasteiger partial charge in [-0.15, -0.1) is 11.3 Å². The van der Waals surface area contributed by atoms with Crippen molar-refractivity contribution < 1.29 is 0 Å². The molecule has 0 spiro atoms. The molecule has 0 fully saturated rings. The second-order valence-electron chi connectivity index (χ2n) is 4.04. The van der Waals surface area contributed by atoms with Crippen molar-refractivity contribution in [3.05, 3.63) is 50.4 Å². The fourth-order valence-corrected chi connectivity index (χ4v) is 3.24. The number of rotatable bonds is 4. The van der Waals surface area contributed by atoms with Crippen molar-refractivity contribution in [2.45, 2.75) is 19.4 Å². The van der Waals surface area contributed by atoms with Crippen molar-refractivity contribution in [2.75, 3.05) is 7.05 Å². The second kappa shape index (κ2) is 5.76.